The first-order valence-electron chi connectivity index (χ1n) is 9.46. The average Bonchev–Trinajstić information content (AvgIpc) is 2.87. The number of rotatable bonds is 5. The summed E-state index contributed by atoms with van der Waals surface area (Å²) in [6, 6.07) is 3.06. The largest absolute Gasteiger partial charge is 0.351 e. The van der Waals surface area contributed by atoms with Crippen LogP contribution in [0, 0.1) is 5.92 Å². The lowest BCUT2D eigenvalue weighted by atomic mass is 9.97. The normalized spacial score (nSPS) is 25.4. The Morgan fingerprint density at radius 2 is 2.19 bits per heavy atom. The van der Waals surface area contributed by atoms with Gasteiger partial charge in [-0.1, -0.05) is 6.92 Å². The van der Waals surface area contributed by atoms with Gasteiger partial charge in [0.15, 0.2) is 0 Å². The van der Waals surface area contributed by atoms with Crippen molar-refractivity contribution in [1.82, 2.24) is 19.7 Å². The van der Waals surface area contributed by atoms with Crippen LogP contribution in [0.2, 0.25) is 0 Å². The monoisotopic (exact) mass is 395 g/mol. The zero-order chi connectivity index (χ0) is 19.7. The molecule has 9 heteroatoms. The summed E-state index contributed by atoms with van der Waals surface area (Å²) in [7, 11) is -3.94. The molecule has 0 spiro atoms. The molecule has 2 aliphatic rings. The van der Waals surface area contributed by atoms with Crippen LogP contribution >= 0.6 is 0 Å². The highest BCUT2D eigenvalue weighted by atomic mass is 32.2. The van der Waals surface area contributed by atoms with Gasteiger partial charge in [-0.05, 0) is 57.7 Å². The third kappa shape index (κ3) is 4.77. The molecule has 2 atom stereocenters. The van der Waals surface area contributed by atoms with Gasteiger partial charge < -0.3 is 10.2 Å². The molecule has 8 nitrogen and oxygen atoms in total. The van der Waals surface area contributed by atoms with Crippen LogP contribution in [0.15, 0.2) is 18.3 Å². The first kappa shape index (κ1) is 20.0. The van der Waals surface area contributed by atoms with Gasteiger partial charge in [0.2, 0.25) is 0 Å². The van der Waals surface area contributed by atoms with E-state index in [1.54, 1.807) is 18.3 Å². The predicted octanol–water partition coefficient (Wildman–Crippen LogP) is 1.02. The van der Waals surface area contributed by atoms with Crippen LogP contribution in [0.3, 0.4) is 0 Å². The Morgan fingerprint density at radius 1 is 1.41 bits per heavy atom. The number of aromatic nitrogens is 1. The number of piperidine rings is 1. The van der Waals surface area contributed by atoms with Crippen LogP contribution in [-0.2, 0) is 10.2 Å². The molecule has 0 bridgehead atoms. The number of pyridine rings is 1. The standard InChI is InChI=1S/C18H29N5O3S/c1-13-10-18(2,3)23(12-13)16-15(7-5-9-20-16)17(24)22-27(25,26)21-14-6-4-8-19-11-14/h5,7,9,13-14,19,21H,4,6,8,10-12H2,1-3H3,(H,22,24)/t13-,14-/m0/s1. The van der Waals surface area contributed by atoms with Crippen LogP contribution in [0.1, 0.15) is 50.4 Å². The summed E-state index contributed by atoms with van der Waals surface area (Å²) in [5.74, 6) is 0.339. The molecule has 0 aliphatic carbocycles. The highest BCUT2D eigenvalue weighted by Gasteiger charge is 2.39. The highest BCUT2D eigenvalue weighted by Crippen LogP contribution is 2.36. The number of hydrogen-bond acceptors (Lipinski definition) is 6. The molecule has 0 unspecified atom stereocenters. The molecule has 1 aromatic rings. The first-order valence-corrected chi connectivity index (χ1v) is 10.9. The fraction of sp³-hybridized carbons (Fsp3) is 0.667. The Morgan fingerprint density at radius 3 is 2.81 bits per heavy atom. The van der Waals surface area contributed by atoms with Crippen molar-refractivity contribution in [3.05, 3.63) is 23.9 Å². The number of nitrogens with zero attached hydrogens (tertiary/aromatic N) is 2. The average molecular weight is 396 g/mol. The molecule has 2 saturated heterocycles. The van der Waals surface area contributed by atoms with Crippen LogP contribution < -0.4 is 19.7 Å². The third-order valence-electron chi connectivity index (χ3n) is 5.21. The minimum atomic E-state index is -3.94. The van der Waals surface area contributed by atoms with E-state index in [4.69, 9.17) is 0 Å². The SMILES string of the molecule is C[C@@H]1CN(c2ncccc2C(=O)NS(=O)(=O)N[C@H]2CCCNC2)C(C)(C)C1. The van der Waals surface area contributed by atoms with Crippen LogP contribution in [-0.4, -0.2) is 50.5 Å². The molecule has 150 valence electrons. The predicted molar refractivity (Wildman–Crippen MR) is 105 cm³/mol. The Kier molecular flexibility index (Phi) is 5.73. The minimum Gasteiger partial charge on any atom is -0.351 e. The molecule has 3 heterocycles. The van der Waals surface area contributed by atoms with E-state index in [0.717, 1.165) is 32.4 Å². The second kappa shape index (κ2) is 7.73. The van der Waals surface area contributed by atoms with E-state index >= 15 is 0 Å². The van der Waals surface area contributed by atoms with Gasteiger partial charge in [0, 0.05) is 30.9 Å². The van der Waals surface area contributed by atoms with Crippen molar-refractivity contribution in [1.29, 1.82) is 0 Å². The van der Waals surface area contributed by atoms with E-state index in [1.165, 1.54) is 0 Å². The van der Waals surface area contributed by atoms with Gasteiger partial charge in [0.1, 0.15) is 5.82 Å². The zero-order valence-electron chi connectivity index (χ0n) is 16.2. The Balaban J connectivity index is 1.77. The third-order valence-corrected chi connectivity index (χ3v) is 6.30. The smallest absolute Gasteiger partial charge is 0.301 e. The summed E-state index contributed by atoms with van der Waals surface area (Å²) in [6.45, 7) is 8.61. The molecular weight excluding hydrogens is 366 g/mol. The van der Waals surface area contributed by atoms with Crippen molar-refractivity contribution < 1.29 is 13.2 Å². The number of carbonyl (C=O) groups excluding carboxylic acids is 1. The van der Waals surface area contributed by atoms with Crippen molar-refractivity contribution in [2.24, 2.45) is 5.92 Å². The Bertz CT molecular complexity index is 790. The number of nitrogens with one attached hydrogen (secondary N) is 3. The van der Waals surface area contributed by atoms with E-state index in [2.05, 4.69) is 45.4 Å². The molecule has 0 radical (unpaired) electrons. The molecular formula is C18H29N5O3S. The zero-order valence-corrected chi connectivity index (χ0v) is 17.0. The van der Waals surface area contributed by atoms with Gasteiger partial charge in [-0.3, -0.25) is 4.79 Å². The fourth-order valence-corrected chi connectivity index (χ4v) is 5.18. The molecule has 0 saturated carbocycles. The summed E-state index contributed by atoms with van der Waals surface area (Å²) < 4.78 is 29.5. The van der Waals surface area contributed by atoms with Crippen molar-refractivity contribution >= 4 is 21.9 Å². The quantitative estimate of drug-likeness (QED) is 0.688. The first-order chi connectivity index (χ1) is 12.7. The lowest BCUT2D eigenvalue weighted by molar-refractivity contribution is 0.0981. The molecule has 1 aromatic heterocycles. The van der Waals surface area contributed by atoms with Gasteiger partial charge in [-0.2, -0.15) is 13.1 Å². The van der Waals surface area contributed by atoms with Crippen LogP contribution in [0.4, 0.5) is 5.82 Å². The summed E-state index contributed by atoms with van der Waals surface area (Å²) in [5.41, 5.74) is 0.125. The maximum atomic E-state index is 12.8. The molecule has 0 aromatic carbocycles. The minimum absolute atomic E-state index is 0.145. The highest BCUT2D eigenvalue weighted by molar-refractivity contribution is 7.88. The van der Waals surface area contributed by atoms with E-state index in [9.17, 15) is 13.2 Å². The molecule has 2 aliphatic heterocycles. The van der Waals surface area contributed by atoms with Crippen molar-refractivity contribution in [3.63, 3.8) is 0 Å². The lowest BCUT2D eigenvalue weighted by Crippen LogP contribution is -2.50. The molecule has 3 rings (SSSR count). The Hall–Kier alpha value is -1.71. The van der Waals surface area contributed by atoms with Crippen molar-refractivity contribution in [2.75, 3.05) is 24.5 Å². The van der Waals surface area contributed by atoms with Gasteiger partial charge in [-0.15, -0.1) is 0 Å². The molecule has 27 heavy (non-hydrogen) atoms. The Labute approximate surface area is 161 Å². The fourth-order valence-electron chi connectivity index (χ4n) is 4.13. The molecule has 3 N–H and O–H groups in total. The number of anilines is 1. The summed E-state index contributed by atoms with van der Waals surface area (Å²) in [5, 5.41) is 3.15. The van der Waals surface area contributed by atoms with Crippen LogP contribution in [0.5, 0.6) is 0 Å². The number of carbonyl (C=O) groups is 1. The number of amides is 1. The van der Waals surface area contributed by atoms with Crippen LogP contribution in [0.25, 0.3) is 0 Å². The number of hydrogen-bond donors (Lipinski definition) is 3. The van der Waals surface area contributed by atoms with Gasteiger partial charge in [-0.25, -0.2) is 9.71 Å². The molecule has 1 amide bonds. The maximum absolute atomic E-state index is 12.8. The van der Waals surface area contributed by atoms with Crippen molar-refractivity contribution in [3.8, 4) is 0 Å². The van der Waals surface area contributed by atoms with Gasteiger partial charge in [0.05, 0.1) is 5.56 Å². The maximum Gasteiger partial charge on any atom is 0.301 e. The summed E-state index contributed by atoms with van der Waals surface area (Å²) >= 11 is 0. The van der Waals surface area contributed by atoms with E-state index < -0.39 is 16.1 Å². The molecule has 2 fully saturated rings. The van der Waals surface area contributed by atoms with E-state index in [-0.39, 0.29) is 17.1 Å². The summed E-state index contributed by atoms with van der Waals surface area (Å²) in [6.07, 6.45) is 4.26. The van der Waals surface area contributed by atoms with E-state index in [0.29, 0.717) is 18.3 Å². The van der Waals surface area contributed by atoms with E-state index in [1.807, 2.05) is 0 Å². The lowest BCUT2D eigenvalue weighted by Gasteiger charge is -2.33. The van der Waals surface area contributed by atoms with Crippen molar-refractivity contribution in [2.45, 2.75) is 51.6 Å². The van der Waals surface area contributed by atoms with Gasteiger partial charge >= 0.3 is 10.2 Å². The topological polar surface area (TPSA) is 103 Å². The summed E-state index contributed by atoms with van der Waals surface area (Å²) in [4.78, 5) is 19.3. The van der Waals surface area contributed by atoms with Gasteiger partial charge in [0.25, 0.3) is 5.91 Å². The second-order valence-electron chi connectivity index (χ2n) is 8.20. The second-order valence-corrected chi connectivity index (χ2v) is 9.65.